The standard InChI is InChI=1S/C27H37F3N6O7/c1-13(2)9-19(23(39)34-18(10-15-5-7-32-22(15)38)21(37)25(41)33-14(3)4)35-24(40)20(36-26(42)43)12-17-11-16(6-8-31-17)27(28,29)30/h6,8,11,13-15,18-20,36H,5,7,9-10,12H2,1-4H3,(H,32,38)(H,33,41)(H,34,39)(H,35,40)(H,42,43)/t15-,18-,19-,20-/m0/s1. The number of Topliss-reactive ketones (excluding diaryl/α,β-unsaturated/α-hetero) is 1. The number of hydrogen-bond donors (Lipinski definition) is 6. The molecule has 13 nitrogen and oxygen atoms in total. The molecule has 2 rings (SSSR count). The van der Waals surface area contributed by atoms with Crippen LogP contribution in [0.3, 0.4) is 0 Å². The van der Waals surface area contributed by atoms with E-state index in [-0.39, 0.29) is 36.4 Å². The fourth-order valence-electron chi connectivity index (χ4n) is 4.46. The number of nitrogens with zero attached hydrogens (tertiary/aromatic N) is 1. The first kappa shape index (κ1) is 35.0. The minimum atomic E-state index is -4.70. The molecule has 16 heteroatoms. The molecule has 1 aromatic heterocycles. The molecule has 1 aromatic rings. The summed E-state index contributed by atoms with van der Waals surface area (Å²) in [5.74, 6) is -5.05. The van der Waals surface area contributed by atoms with Crippen LogP contribution in [0, 0.1) is 11.8 Å². The Balaban J connectivity index is 2.29. The van der Waals surface area contributed by atoms with Gasteiger partial charge in [-0.3, -0.25) is 29.0 Å². The van der Waals surface area contributed by atoms with Gasteiger partial charge in [0.25, 0.3) is 5.91 Å². The molecule has 0 radical (unpaired) electrons. The molecular formula is C27H37F3N6O7. The lowest BCUT2D eigenvalue weighted by Crippen LogP contribution is -2.57. The fourth-order valence-corrected chi connectivity index (χ4v) is 4.46. The van der Waals surface area contributed by atoms with Crippen molar-refractivity contribution in [3.05, 3.63) is 29.6 Å². The van der Waals surface area contributed by atoms with E-state index in [2.05, 4.69) is 26.3 Å². The van der Waals surface area contributed by atoms with Crippen LogP contribution in [0.5, 0.6) is 0 Å². The zero-order valence-electron chi connectivity index (χ0n) is 24.2. The van der Waals surface area contributed by atoms with E-state index in [1.807, 2.05) is 5.32 Å². The number of ketones is 1. The quantitative estimate of drug-likeness (QED) is 0.166. The van der Waals surface area contributed by atoms with Gasteiger partial charge in [0, 0.05) is 36.8 Å². The van der Waals surface area contributed by atoms with E-state index in [4.69, 9.17) is 0 Å². The largest absolute Gasteiger partial charge is 0.465 e. The molecule has 2 heterocycles. The van der Waals surface area contributed by atoms with Crippen molar-refractivity contribution in [1.29, 1.82) is 0 Å². The molecule has 5 amide bonds. The molecule has 43 heavy (non-hydrogen) atoms. The van der Waals surface area contributed by atoms with Crippen molar-refractivity contribution in [2.45, 2.75) is 83.7 Å². The second kappa shape index (κ2) is 15.3. The average molecular weight is 615 g/mol. The first-order valence-electron chi connectivity index (χ1n) is 13.7. The smallest absolute Gasteiger partial charge is 0.416 e. The van der Waals surface area contributed by atoms with Gasteiger partial charge in [-0.15, -0.1) is 0 Å². The van der Waals surface area contributed by atoms with Crippen LogP contribution in [-0.2, 0) is 36.6 Å². The van der Waals surface area contributed by atoms with Crippen molar-refractivity contribution in [2.75, 3.05) is 6.54 Å². The summed E-state index contributed by atoms with van der Waals surface area (Å²) in [6.45, 7) is 7.09. The third-order valence-electron chi connectivity index (χ3n) is 6.47. The van der Waals surface area contributed by atoms with Crippen LogP contribution < -0.4 is 26.6 Å². The van der Waals surface area contributed by atoms with Crippen LogP contribution in [0.4, 0.5) is 18.0 Å². The maximum absolute atomic E-state index is 13.4. The van der Waals surface area contributed by atoms with Crippen LogP contribution in [0.1, 0.15) is 58.2 Å². The number of carbonyl (C=O) groups is 6. The van der Waals surface area contributed by atoms with Crippen molar-refractivity contribution >= 4 is 35.5 Å². The summed E-state index contributed by atoms with van der Waals surface area (Å²) in [6.07, 6.45) is -5.81. The van der Waals surface area contributed by atoms with Gasteiger partial charge in [-0.25, -0.2) is 4.79 Å². The number of nitrogens with one attached hydrogen (secondary N) is 5. The molecule has 0 aromatic carbocycles. The van der Waals surface area contributed by atoms with Crippen molar-refractivity contribution in [1.82, 2.24) is 31.6 Å². The monoisotopic (exact) mass is 614 g/mol. The summed E-state index contributed by atoms with van der Waals surface area (Å²) in [6, 6.07) is -3.36. The lowest BCUT2D eigenvalue weighted by molar-refractivity contribution is -0.141. The van der Waals surface area contributed by atoms with Crippen LogP contribution in [0.15, 0.2) is 18.3 Å². The zero-order chi connectivity index (χ0) is 32.5. The molecule has 1 aliphatic heterocycles. The Morgan fingerprint density at radius 1 is 1.00 bits per heavy atom. The number of pyridine rings is 1. The number of carboxylic acid groups (broad SMARTS) is 1. The molecule has 1 saturated heterocycles. The van der Waals surface area contributed by atoms with E-state index < -0.39 is 71.8 Å². The highest BCUT2D eigenvalue weighted by Crippen LogP contribution is 2.29. The predicted octanol–water partition coefficient (Wildman–Crippen LogP) is 0.915. The normalized spacial score (nSPS) is 17.0. The molecule has 0 unspecified atom stereocenters. The van der Waals surface area contributed by atoms with Gasteiger partial charge in [0.05, 0.1) is 11.6 Å². The van der Waals surface area contributed by atoms with Gasteiger partial charge in [-0.1, -0.05) is 13.8 Å². The predicted molar refractivity (Wildman–Crippen MR) is 145 cm³/mol. The first-order chi connectivity index (χ1) is 20.0. The second-order valence-corrected chi connectivity index (χ2v) is 11.0. The molecule has 1 fully saturated rings. The van der Waals surface area contributed by atoms with Gasteiger partial charge in [0.2, 0.25) is 23.5 Å². The minimum Gasteiger partial charge on any atom is -0.465 e. The number of alkyl halides is 3. The van der Waals surface area contributed by atoms with E-state index in [9.17, 15) is 47.0 Å². The molecule has 4 atom stereocenters. The van der Waals surface area contributed by atoms with E-state index in [1.165, 1.54) is 0 Å². The summed E-state index contributed by atoms with van der Waals surface area (Å²) in [5.41, 5.74) is -1.28. The number of rotatable bonds is 14. The van der Waals surface area contributed by atoms with E-state index in [1.54, 1.807) is 27.7 Å². The molecule has 0 spiro atoms. The Bertz CT molecular complexity index is 1210. The maximum atomic E-state index is 13.4. The molecular weight excluding hydrogens is 577 g/mol. The summed E-state index contributed by atoms with van der Waals surface area (Å²) < 4.78 is 39.4. The Labute approximate surface area is 246 Å². The van der Waals surface area contributed by atoms with Crippen LogP contribution in [-0.4, -0.2) is 76.3 Å². The highest BCUT2D eigenvalue weighted by Gasteiger charge is 2.37. The zero-order valence-corrected chi connectivity index (χ0v) is 24.2. The third-order valence-corrected chi connectivity index (χ3v) is 6.47. The van der Waals surface area contributed by atoms with Crippen molar-refractivity contribution in [3.8, 4) is 0 Å². The van der Waals surface area contributed by atoms with E-state index in [0.717, 1.165) is 12.3 Å². The summed E-state index contributed by atoms with van der Waals surface area (Å²) in [4.78, 5) is 79.4. The molecule has 238 valence electrons. The van der Waals surface area contributed by atoms with E-state index >= 15 is 0 Å². The molecule has 0 aliphatic carbocycles. The van der Waals surface area contributed by atoms with Crippen LogP contribution in [0.25, 0.3) is 0 Å². The first-order valence-corrected chi connectivity index (χ1v) is 13.7. The van der Waals surface area contributed by atoms with Gasteiger partial charge in [0.15, 0.2) is 0 Å². The summed E-state index contributed by atoms with van der Waals surface area (Å²) >= 11 is 0. The van der Waals surface area contributed by atoms with Gasteiger partial charge >= 0.3 is 12.3 Å². The Hall–Kier alpha value is -4.24. The summed E-state index contributed by atoms with van der Waals surface area (Å²) in [7, 11) is 0. The number of halogens is 3. The minimum absolute atomic E-state index is 0.0161. The van der Waals surface area contributed by atoms with Gasteiger partial charge < -0.3 is 31.7 Å². The van der Waals surface area contributed by atoms with Crippen LogP contribution in [0.2, 0.25) is 0 Å². The topological polar surface area (TPSA) is 196 Å². The van der Waals surface area contributed by atoms with Gasteiger partial charge in [-0.05, 0) is 51.2 Å². The number of carbonyl (C=O) groups excluding carboxylic acids is 5. The maximum Gasteiger partial charge on any atom is 0.416 e. The molecule has 6 N–H and O–H groups in total. The van der Waals surface area contributed by atoms with Gasteiger partial charge in [-0.2, -0.15) is 13.2 Å². The highest BCUT2D eigenvalue weighted by molar-refractivity contribution is 6.38. The Morgan fingerprint density at radius 2 is 1.63 bits per heavy atom. The number of aromatic nitrogens is 1. The van der Waals surface area contributed by atoms with Crippen molar-refractivity contribution in [2.24, 2.45) is 11.8 Å². The van der Waals surface area contributed by atoms with Crippen molar-refractivity contribution < 1.29 is 47.0 Å². The number of amides is 5. The lowest BCUT2D eigenvalue weighted by Gasteiger charge is -2.26. The SMILES string of the molecule is CC(C)C[C@H](NC(=O)[C@H](Cc1cc(C(F)(F)F)ccn1)NC(=O)O)C(=O)N[C@@H](C[C@@H]1CCNC1=O)C(=O)C(=O)NC(C)C. The van der Waals surface area contributed by atoms with Crippen molar-refractivity contribution in [3.63, 3.8) is 0 Å². The summed E-state index contributed by atoms with van der Waals surface area (Å²) in [5, 5.41) is 21.1. The van der Waals surface area contributed by atoms with E-state index in [0.29, 0.717) is 19.0 Å². The van der Waals surface area contributed by atoms with Gasteiger partial charge in [0.1, 0.15) is 12.1 Å². The third kappa shape index (κ3) is 11.2. The highest BCUT2D eigenvalue weighted by atomic mass is 19.4. The average Bonchev–Trinajstić information content (AvgIpc) is 3.29. The number of hydrogen-bond acceptors (Lipinski definition) is 7. The second-order valence-electron chi connectivity index (χ2n) is 11.0. The molecule has 1 aliphatic rings. The van der Waals surface area contributed by atoms with Crippen LogP contribution >= 0.6 is 0 Å². The molecule has 0 bridgehead atoms. The fraction of sp³-hybridized carbons (Fsp3) is 0.593. The lowest BCUT2D eigenvalue weighted by atomic mass is 9.94. The Kier molecular flexibility index (Phi) is 12.4. The Morgan fingerprint density at radius 3 is 2.16 bits per heavy atom. The molecule has 0 saturated carbocycles.